The van der Waals surface area contributed by atoms with Crippen LogP contribution in [0.15, 0.2) is 24.3 Å². The number of hydrogen-bond donors (Lipinski definition) is 1. The number of hydrogen-bond acceptors (Lipinski definition) is 4. The van der Waals surface area contributed by atoms with E-state index in [1.165, 1.54) is 11.8 Å². The van der Waals surface area contributed by atoms with Crippen LogP contribution in [-0.4, -0.2) is 72.7 Å². The first-order valence-corrected chi connectivity index (χ1v) is 7.89. The van der Waals surface area contributed by atoms with Crippen molar-refractivity contribution in [2.24, 2.45) is 5.73 Å². The van der Waals surface area contributed by atoms with Crippen molar-refractivity contribution in [2.75, 3.05) is 40.3 Å². The number of primary amides is 1. The Bertz CT molecular complexity index is 644. The molecule has 3 amide bonds. The lowest BCUT2D eigenvalue weighted by molar-refractivity contribution is -0.134. The highest BCUT2D eigenvalue weighted by Crippen LogP contribution is 2.26. The number of nitrogens with zero attached hydrogens (tertiary/aromatic N) is 3. The van der Waals surface area contributed by atoms with Gasteiger partial charge in [0.25, 0.3) is 5.91 Å². The lowest BCUT2D eigenvalue weighted by atomic mass is 9.99. The second kappa shape index (κ2) is 7.44. The number of amides is 3. The molecule has 1 aromatic carbocycles. The van der Waals surface area contributed by atoms with Crippen molar-refractivity contribution in [1.82, 2.24) is 14.7 Å². The van der Waals surface area contributed by atoms with Gasteiger partial charge in [0.15, 0.2) is 0 Å². The number of piperazine rings is 1. The van der Waals surface area contributed by atoms with Gasteiger partial charge in [-0.2, -0.15) is 0 Å². The summed E-state index contributed by atoms with van der Waals surface area (Å²) < 4.78 is 0. The van der Waals surface area contributed by atoms with Gasteiger partial charge in [0.2, 0.25) is 11.8 Å². The average molecular weight is 332 g/mol. The maximum absolute atomic E-state index is 12.2. The van der Waals surface area contributed by atoms with Gasteiger partial charge in [-0.25, -0.2) is 0 Å². The standard InChI is InChI=1S/C17H24N4O3/c1-12(22)21-8-7-20(11-16(18)23)10-15(21)13-5-4-6-14(9-13)17(24)19(2)3/h4-6,9,15H,7-8,10-11H2,1-3H3,(H2,18,23)/t15-/m1/s1. The molecule has 0 unspecified atom stereocenters. The largest absolute Gasteiger partial charge is 0.369 e. The van der Waals surface area contributed by atoms with Gasteiger partial charge in [-0.05, 0) is 17.7 Å². The molecule has 0 spiro atoms. The molecule has 7 heteroatoms. The molecule has 0 aromatic heterocycles. The molecular weight excluding hydrogens is 308 g/mol. The van der Waals surface area contributed by atoms with Crippen LogP contribution < -0.4 is 5.73 Å². The predicted molar refractivity (Wildman–Crippen MR) is 90.2 cm³/mol. The summed E-state index contributed by atoms with van der Waals surface area (Å²) in [7, 11) is 3.40. The van der Waals surface area contributed by atoms with Crippen LogP contribution in [-0.2, 0) is 9.59 Å². The SMILES string of the molecule is CC(=O)N1CCN(CC(N)=O)C[C@@H]1c1cccc(C(=O)N(C)C)c1. The Labute approximate surface area is 142 Å². The fraction of sp³-hybridized carbons (Fsp3) is 0.471. The highest BCUT2D eigenvalue weighted by Gasteiger charge is 2.30. The topological polar surface area (TPSA) is 87.0 Å². The van der Waals surface area contributed by atoms with Crippen LogP contribution in [0.25, 0.3) is 0 Å². The van der Waals surface area contributed by atoms with E-state index in [1.54, 1.807) is 25.1 Å². The lowest BCUT2D eigenvalue weighted by Crippen LogP contribution is -2.51. The Morgan fingerprint density at radius 2 is 1.96 bits per heavy atom. The summed E-state index contributed by atoms with van der Waals surface area (Å²) in [5.41, 5.74) is 6.75. The molecule has 1 saturated heterocycles. The predicted octanol–water partition coefficient (Wildman–Crippen LogP) is 0.0789. The van der Waals surface area contributed by atoms with Crippen LogP contribution >= 0.6 is 0 Å². The minimum atomic E-state index is -0.387. The molecule has 7 nitrogen and oxygen atoms in total. The summed E-state index contributed by atoms with van der Waals surface area (Å²) >= 11 is 0. The summed E-state index contributed by atoms with van der Waals surface area (Å²) in [6.45, 7) is 3.35. The fourth-order valence-electron chi connectivity index (χ4n) is 3.00. The van der Waals surface area contributed by atoms with Crippen LogP contribution in [0.3, 0.4) is 0 Å². The lowest BCUT2D eigenvalue weighted by Gasteiger charge is -2.41. The van der Waals surface area contributed by atoms with E-state index in [0.717, 1.165) is 5.56 Å². The Balaban J connectivity index is 2.30. The van der Waals surface area contributed by atoms with Crippen LogP contribution in [0.1, 0.15) is 28.9 Å². The molecule has 1 aromatic rings. The van der Waals surface area contributed by atoms with Crippen LogP contribution in [0.2, 0.25) is 0 Å². The summed E-state index contributed by atoms with van der Waals surface area (Å²) in [6.07, 6.45) is 0. The first-order chi connectivity index (χ1) is 11.3. The summed E-state index contributed by atoms with van der Waals surface area (Å²) in [5, 5.41) is 0. The van der Waals surface area contributed by atoms with E-state index in [1.807, 2.05) is 23.1 Å². The minimum Gasteiger partial charge on any atom is -0.369 e. The maximum Gasteiger partial charge on any atom is 0.253 e. The van der Waals surface area contributed by atoms with Crippen LogP contribution in [0, 0.1) is 0 Å². The molecular formula is C17H24N4O3. The molecule has 130 valence electrons. The zero-order valence-electron chi connectivity index (χ0n) is 14.4. The second-order valence-electron chi connectivity index (χ2n) is 6.25. The first-order valence-electron chi connectivity index (χ1n) is 7.89. The summed E-state index contributed by atoms with van der Waals surface area (Å²) in [4.78, 5) is 40.6. The van der Waals surface area contributed by atoms with Gasteiger partial charge >= 0.3 is 0 Å². The molecule has 24 heavy (non-hydrogen) atoms. The zero-order valence-corrected chi connectivity index (χ0v) is 14.4. The van der Waals surface area contributed by atoms with Gasteiger partial charge in [0, 0.05) is 46.2 Å². The monoisotopic (exact) mass is 332 g/mol. The fourth-order valence-corrected chi connectivity index (χ4v) is 3.00. The van der Waals surface area contributed by atoms with E-state index >= 15 is 0 Å². The molecule has 2 rings (SSSR count). The summed E-state index contributed by atoms with van der Waals surface area (Å²) in [6, 6.07) is 7.09. The number of carbonyl (C=O) groups is 3. The Kier molecular flexibility index (Phi) is 5.56. The molecule has 0 saturated carbocycles. The smallest absolute Gasteiger partial charge is 0.253 e. The molecule has 1 fully saturated rings. The number of benzene rings is 1. The summed E-state index contributed by atoms with van der Waals surface area (Å²) in [5.74, 6) is -0.499. The van der Waals surface area contributed by atoms with E-state index in [4.69, 9.17) is 5.73 Å². The molecule has 1 aliphatic rings. The van der Waals surface area contributed by atoms with Gasteiger partial charge in [0.1, 0.15) is 0 Å². The van der Waals surface area contributed by atoms with Crippen LogP contribution in [0.5, 0.6) is 0 Å². The van der Waals surface area contributed by atoms with Gasteiger partial charge < -0.3 is 15.5 Å². The van der Waals surface area contributed by atoms with Gasteiger partial charge in [-0.3, -0.25) is 19.3 Å². The molecule has 0 bridgehead atoms. The van der Waals surface area contributed by atoms with E-state index in [0.29, 0.717) is 25.2 Å². The van der Waals surface area contributed by atoms with Crippen molar-refractivity contribution in [2.45, 2.75) is 13.0 Å². The molecule has 1 heterocycles. The van der Waals surface area contributed by atoms with Crippen molar-refractivity contribution in [3.8, 4) is 0 Å². The van der Waals surface area contributed by atoms with E-state index in [9.17, 15) is 14.4 Å². The van der Waals surface area contributed by atoms with Crippen molar-refractivity contribution in [3.63, 3.8) is 0 Å². The number of carbonyl (C=O) groups excluding carboxylic acids is 3. The molecule has 1 atom stereocenters. The Morgan fingerprint density at radius 3 is 2.54 bits per heavy atom. The Hall–Kier alpha value is -2.41. The average Bonchev–Trinajstić information content (AvgIpc) is 2.53. The third-order valence-electron chi connectivity index (χ3n) is 4.17. The molecule has 0 aliphatic carbocycles. The van der Waals surface area contributed by atoms with Crippen molar-refractivity contribution >= 4 is 17.7 Å². The number of rotatable bonds is 4. The normalized spacial score (nSPS) is 18.3. The van der Waals surface area contributed by atoms with Crippen molar-refractivity contribution < 1.29 is 14.4 Å². The van der Waals surface area contributed by atoms with E-state index in [-0.39, 0.29) is 30.3 Å². The third-order valence-corrected chi connectivity index (χ3v) is 4.17. The van der Waals surface area contributed by atoms with Crippen molar-refractivity contribution in [3.05, 3.63) is 35.4 Å². The Morgan fingerprint density at radius 1 is 1.25 bits per heavy atom. The van der Waals surface area contributed by atoms with Gasteiger partial charge in [-0.1, -0.05) is 12.1 Å². The highest BCUT2D eigenvalue weighted by molar-refractivity contribution is 5.94. The van der Waals surface area contributed by atoms with Gasteiger partial charge in [-0.15, -0.1) is 0 Å². The number of nitrogens with two attached hydrogens (primary N) is 1. The quantitative estimate of drug-likeness (QED) is 0.846. The molecule has 0 radical (unpaired) electrons. The molecule has 2 N–H and O–H groups in total. The second-order valence-corrected chi connectivity index (χ2v) is 6.25. The van der Waals surface area contributed by atoms with Gasteiger partial charge in [0.05, 0.1) is 12.6 Å². The van der Waals surface area contributed by atoms with Crippen molar-refractivity contribution in [1.29, 1.82) is 0 Å². The highest BCUT2D eigenvalue weighted by atomic mass is 16.2. The molecule has 1 aliphatic heterocycles. The zero-order chi connectivity index (χ0) is 17.9. The van der Waals surface area contributed by atoms with Crippen LogP contribution in [0.4, 0.5) is 0 Å². The van der Waals surface area contributed by atoms with E-state index in [2.05, 4.69) is 0 Å². The third kappa shape index (κ3) is 4.11. The minimum absolute atomic E-state index is 0.0249. The van der Waals surface area contributed by atoms with E-state index < -0.39 is 0 Å². The maximum atomic E-state index is 12.2. The first kappa shape index (κ1) is 17.9.